The summed E-state index contributed by atoms with van der Waals surface area (Å²) in [5.74, 6) is 0. The predicted octanol–water partition coefficient (Wildman–Crippen LogP) is 4.85. The molecule has 98 valence electrons. The van der Waals surface area contributed by atoms with Crippen LogP contribution in [-0.4, -0.2) is 11.3 Å². The van der Waals surface area contributed by atoms with E-state index in [4.69, 9.17) is 0 Å². The molecule has 3 aromatic rings. The van der Waals surface area contributed by atoms with Gasteiger partial charge in [-0.3, -0.25) is 9.78 Å². The highest BCUT2D eigenvalue weighted by Gasteiger charge is 2.04. The van der Waals surface area contributed by atoms with E-state index in [0.717, 1.165) is 21.6 Å². The summed E-state index contributed by atoms with van der Waals surface area (Å²) in [5.41, 5.74) is 1.13. The Hall–Kier alpha value is -2.04. The normalized spacial score (nSPS) is 11.0. The molecule has 20 heavy (non-hydrogen) atoms. The molecule has 3 rings (SSSR count). The van der Waals surface area contributed by atoms with Crippen LogP contribution in [0.3, 0.4) is 0 Å². The molecule has 0 aromatic carbocycles. The maximum atomic E-state index is 10.7. The molecule has 0 aliphatic carbocycles. The number of carbonyl (C=O) groups excluding carboxylic acids is 1. The van der Waals surface area contributed by atoms with Crippen molar-refractivity contribution >= 4 is 41.1 Å². The van der Waals surface area contributed by atoms with Crippen molar-refractivity contribution in [1.82, 2.24) is 4.98 Å². The summed E-state index contributed by atoms with van der Waals surface area (Å²) in [6, 6.07) is 12.0. The third-order valence-corrected chi connectivity index (χ3v) is 5.02. The number of carbonyl (C=O) groups is 1. The first-order valence-electron chi connectivity index (χ1n) is 6.08. The summed E-state index contributed by atoms with van der Waals surface area (Å²) in [4.78, 5) is 19.0. The van der Waals surface area contributed by atoms with Crippen molar-refractivity contribution in [1.29, 1.82) is 0 Å². The van der Waals surface area contributed by atoms with Crippen molar-refractivity contribution in [2.75, 3.05) is 0 Å². The van der Waals surface area contributed by atoms with Gasteiger partial charge in [-0.1, -0.05) is 6.08 Å². The maximum Gasteiger partial charge on any atom is 0.160 e. The van der Waals surface area contributed by atoms with Crippen molar-refractivity contribution < 1.29 is 4.79 Å². The van der Waals surface area contributed by atoms with Crippen LogP contribution in [0, 0.1) is 0 Å². The molecule has 3 heterocycles. The highest BCUT2D eigenvalue weighted by Crippen LogP contribution is 2.33. The monoisotopic (exact) mass is 297 g/mol. The minimum Gasteiger partial charge on any atom is -0.297 e. The smallest absolute Gasteiger partial charge is 0.160 e. The van der Waals surface area contributed by atoms with Gasteiger partial charge in [0, 0.05) is 27.0 Å². The number of aldehydes is 1. The molecule has 0 saturated heterocycles. The van der Waals surface area contributed by atoms with Gasteiger partial charge in [-0.15, -0.1) is 22.7 Å². The number of pyridine rings is 1. The first-order chi connectivity index (χ1) is 9.85. The van der Waals surface area contributed by atoms with Gasteiger partial charge < -0.3 is 0 Å². The minimum atomic E-state index is 0.766. The summed E-state index contributed by atoms with van der Waals surface area (Å²) in [6.45, 7) is 0. The van der Waals surface area contributed by atoms with Gasteiger partial charge in [-0.2, -0.15) is 0 Å². The van der Waals surface area contributed by atoms with Gasteiger partial charge in [-0.25, -0.2) is 0 Å². The average Bonchev–Trinajstić information content (AvgIpc) is 3.15. The van der Waals surface area contributed by atoms with Gasteiger partial charge in [-0.05, 0) is 48.0 Å². The molecule has 0 aliphatic rings. The molecule has 0 spiro atoms. The largest absolute Gasteiger partial charge is 0.297 e. The molecule has 0 N–H and O–H groups in total. The average molecular weight is 297 g/mol. The van der Waals surface area contributed by atoms with Crippen LogP contribution in [-0.2, 0) is 0 Å². The lowest BCUT2D eigenvalue weighted by atomic mass is 10.2. The fraction of sp³-hybridized carbons (Fsp3) is 0. The summed E-state index contributed by atoms with van der Waals surface area (Å²) >= 11 is 3.24. The summed E-state index contributed by atoms with van der Waals surface area (Å²) in [5, 5.41) is 0. The molecule has 0 unspecified atom stereocenters. The Bertz CT molecular complexity index is 741. The first-order valence-corrected chi connectivity index (χ1v) is 7.72. The Morgan fingerprint density at radius 3 is 2.10 bits per heavy atom. The van der Waals surface area contributed by atoms with Crippen molar-refractivity contribution in [3.63, 3.8) is 0 Å². The van der Waals surface area contributed by atoms with Crippen LogP contribution in [0.2, 0.25) is 0 Å². The molecule has 0 bridgehead atoms. The first kappa shape index (κ1) is 13.0. The standard InChI is InChI=1S/C16H11NOS2/c18-11-14-4-6-16(20-14)15-5-3-13(19-15)2-1-12-7-9-17-10-8-12/h1-11H. The zero-order valence-corrected chi connectivity index (χ0v) is 12.2. The quantitative estimate of drug-likeness (QED) is 0.644. The van der Waals surface area contributed by atoms with Crippen LogP contribution in [0.4, 0.5) is 0 Å². The molecule has 0 amide bonds. The van der Waals surface area contributed by atoms with Gasteiger partial charge in [0.1, 0.15) is 0 Å². The van der Waals surface area contributed by atoms with Crippen molar-refractivity contribution in [3.8, 4) is 9.75 Å². The van der Waals surface area contributed by atoms with Gasteiger partial charge in [0.05, 0.1) is 4.88 Å². The highest BCUT2D eigenvalue weighted by atomic mass is 32.1. The molecule has 0 fully saturated rings. The Labute approximate surface area is 125 Å². The zero-order valence-electron chi connectivity index (χ0n) is 10.5. The maximum absolute atomic E-state index is 10.7. The summed E-state index contributed by atoms with van der Waals surface area (Å²) in [6.07, 6.45) is 8.63. The molecular weight excluding hydrogens is 286 g/mol. The van der Waals surface area contributed by atoms with Gasteiger partial charge in [0.25, 0.3) is 0 Å². The zero-order chi connectivity index (χ0) is 13.8. The molecule has 0 radical (unpaired) electrons. The van der Waals surface area contributed by atoms with Crippen LogP contribution in [0.15, 0.2) is 48.8 Å². The fourth-order valence-electron chi connectivity index (χ4n) is 1.78. The fourth-order valence-corrected chi connectivity index (χ4v) is 3.60. The van der Waals surface area contributed by atoms with E-state index in [2.05, 4.69) is 29.3 Å². The molecule has 2 nitrogen and oxygen atoms in total. The van der Waals surface area contributed by atoms with Crippen LogP contribution in [0.5, 0.6) is 0 Å². The highest BCUT2D eigenvalue weighted by molar-refractivity contribution is 7.23. The van der Waals surface area contributed by atoms with E-state index in [9.17, 15) is 4.79 Å². The van der Waals surface area contributed by atoms with Crippen LogP contribution >= 0.6 is 22.7 Å². The second kappa shape index (κ2) is 5.94. The number of thiophene rings is 2. The van der Waals surface area contributed by atoms with E-state index in [0.29, 0.717) is 0 Å². The van der Waals surface area contributed by atoms with Crippen LogP contribution < -0.4 is 0 Å². The second-order valence-electron chi connectivity index (χ2n) is 4.14. The number of aromatic nitrogens is 1. The van der Waals surface area contributed by atoms with E-state index in [1.807, 2.05) is 24.3 Å². The van der Waals surface area contributed by atoms with Crippen LogP contribution in [0.25, 0.3) is 21.9 Å². The van der Waals surface area contributed by atoms with E-state index in [1.165, 1.54) is 21.1 Å². The Morgan fingerprint density at radius 1 is 0.800 bits per heavy atom. The van der Waals surface area contributed by atoms with Gasteiger partial charge >= 0.3 is 0 Å². The Morgan fingerprint density at radius 2 is 1.45 bits per heavy atom. The van der Waals surface area contributed by atoms with Crippen molar-refractivity contribution in [3.05, 3.63) is 64.1 Å². The topological polar surface area (TPSA) is 30.0 Å². The van der Waals surface area contributed by atoms with E-state index in [-0.39, 0.29) is 0 Å². The van der Waals surface area contributed by atoms with Crippen LogP contribution in [0.1, 0.15) is 20.1 Å². The molecular formula is C16H11NOS2. The second-order valence-corrected chi connectivity index (χ2v) is 6.37. The molecule has 0 aliphatic heterocycles. The molecule has 0 atom stereocenters. The number of nitrogens with zero attached hydrogens (tertiary/aromatic N) is 1. The summed E-state index contributed by atoms with van der Waals surface area (Å²) in [7, 11) is 0. The third kappa shape index (κ3) is 2.92. The lowest BCUT2D eigenvalue weighted by molar-refractivity contribution is 0.112. The third-order valence-electron chi connectivity index (χ3n) is 2.76. The number of hydrogen-bond acceptors (Lipinski definition) is 4. The SMILES string of the molecule is O=Cc1ccc(-c2ccc(C=Cc3ccncc3)s2)s1. The predicted molar refractivity (Wildman–Crippen MR) is 86.2 cm³/mol. The van der Waals surface area contributed by atoms with Gasteiger partial charge in [0.15, 0.2) is 6.29 Å². The van der Waals surface area contributed by atoms with Crippen molar-refractivity contribution in [2.24, 2.45) is 0 Å². The number of hydrogen-bond donors (Lipinski definition) is 0. The Kier molecular flexibility index (Phi) is 3.85. The lowest BCUT2D eigenvalue weighted by Crippen LogP contribution is -1.71. The van der Waals surface area contributed by atoms with E-state index in [1.54, 1.807) is 23.7 Å². The van der Waals surface area contributed by atoms with Crippen molar-refractivity contribution in [2.45, 2.75) is 0 Å². The minimum absolute atomic E-state index is 0.766. The van der Waals surface area contributed by atoms with E-state index >= 15 is 0 Å². The molecule has 0 saturated carbocycles. The molecule has 3 aromatic heterocycles. The summed E-state index contributed by atoms with van der Waals surface area (Å²) < 4.78 is 0. The molecule has 4 heteroatoms. The lowest BCUT2D eigenvalue weighted by Gasteiger charge is -1.90. The Balaban J connectivity index is 1.80. The number of rotatable bonds is 4. The van der Waals surface area contributed by atoms with E-state index < -0.39 is 0 Å². The van der Waals surface area contributed by atoms with Gasteiger partial charge in [0.2, 0.25) is 0 Å².